The zero-order chi connectivity index (χ0) is 10.2. The van der Waals surface area contributed by atoms with E-state index in [2.05, 4.69) is 17.1 Å². The largest absolute Gasteiger partial charge is 0.319 e. The summed E-state index contributed by atoms with van der Waals surface area (Å²) in [5.41, 5.74) is 6.15. The van der Waals surface area contributed by atoms with Crippen molar-refractivity contribution in [1.29, 1.82) is 0 Å². The van der Waals surface area contributed by atoms with Crippen molar-refractivity contribution in [1.82, 2.24) is 14.8 Å². The molecular formula is C10H18N4. The fourth-order valence-corrected chi connectivity index (χ4v) is 2.53. The molecule has 2 unspecified atom stereocenters. The van der Waals surface area contributed by atoms with Crippen LogP contribution in [0, 0.1) is 5.92 Å². The number of aromatic nitrogens is 3. The van der Waals surface area contributed by atoms with Gasteiger partial charge in [0.2, 0.25) is 0 Å². The standard InChI is InChI=1S/C10H18N4/c1-8-4-3-5-10(11,6-8)9-13-12-7-14(9)2/h7-8H,3-6,11H2,1-2H3. The molecule has 0 amide bonds. The molecule has 0 radical (unpaired) electrons. The molecule has 2 N–H and O–H groups in total. The molecule has 1 aliphatic rings. The third kappa shape index (κ3) is 1.54. The van der Waals surface area contributed by atoms with Gasteiger partial charge < -0.3 is 10.3 Å². The van der Waals surface area contributed by atoms with Crippen LogP contribution in [0.3, 0.4) is 0 Å². The normalized spacial score (nSPS) is 33.2. The Morgan fingerprint density at radius 1 is 1.64 bits per heavy atom. The minimum absolute atomic E-state index is 0.247. The highest BCUT2D eigenvalue weighted by atomic mass is 15.3. The van der Waals surface area contributed by atoms with Crippen LogP contribution in [0.15, 0.2) is 6.33 Å². The molecule has 1 heterocycles. The number of aryl methyl sites for hydroxylation is 1. The summed E-state index contributed by atoms with van der Waals surface area (Å²) in [7, 11) is 1.96. The molecule has 1 aliphatic carbocycles. The van der Waals surface area contributed by atoms with Gasteiger partial charge in [-0.3, -0.25) is 0 Å². The minimum atomic E-state index is -0.247. The quantitative estimate of drug-likeness (QED) is 0.730. The van der Waals surface area contributed by atoms with Crippen molar-refractivity contribution in [2.45, 2.75) is 38.1 Å². The lowest BCUT2D eigenvalue weighted by atomic mass is 9.76. The first-order valence-corrected chi connectivity index (χ1v) is 5.25. The summed E-state index contributed by atoms with van der Waals surface area (Å²) in [5, 5.41) is 8.03. The lowest BCUT2D eigenvalue weighted by Crippen LogP contribution is -2.43. The van der Waals surface area contributed by atoms with Crippen LogP contribution in [0.5, 0.6) is 0 Å². The Morgan fingerprint density at radius 2 is 2.43 bits per heavy atom. The number of hydrogen-bond acceptors (Lipinski definition) is 3. The molecule has 1 fully saturated rings. The van der Waals surface area contributed by atoms with Crippen LogP contribution < -0.4 is 5.73 Å². The summed E-state index contributed by atoms with van der Waals surface area (Å²) in [6.45, 7) is 2.26. The van der Waals surface area contributed by atoms with E-state index in [9.17, 15) is 0 Å². The summed E-state index contributed by atoms with van der Waals surface area (Å²) in [5.74, 6) is 1.63. The lowest BCUT2D eigenvalue weighted by molar-refractivity contribution is 0.223. The first kappa shape index (κ1) is 9.65. The molecule has 0 spiro atoms. The van der Waals surface area contributed by atoms with Gasteiger partial charge in [0.1, 0.15) is 6.33 Å². The maximum atomic E-state index is 6.39. The van der Waals surface area contributed by atoms with Crippen LogP contribution in [-0.2, 0) is 12.6 Å². The van der Waals surface area contributed by atoms with Crippen molar-refractivity contribution in [2.75, 3.05) is 0 Å². The van der Waals surface area contributed by atoms with Gasteiger partial charge in [-0.2, -0.15) is 0 Å². The lowest BCUT2D eigenvalue weighted by Gasteiger charge is -2.35. The highest BCUT2D eigenvalue weighted by molar-refractivity contribution is 5.06. The summed E-state index contributed by atoms with van der Waals surface area (Å²) in [6, 6.07) is 0. The van der Waals surface area contributed by atoms with E-state index in [1.165, 1.54) is 12.8 Å². The van der Waals surface area contributed by atoms with E-state index in [0.29, 0.717) is 5.92 Å². The van der Waals surface area contributed by atoms with Crippen molar-refractivity contribution in [2.24, 2.45) is 18.7 Å². The van der Waals surface area contributed by atoms with Gasteiger partial charge in [-0.05, 0) is 18.8 Å². The Hall–Kier alpha value is -0.900. The molecule has 0 aromatic carbocycles. The van der Waals surface area contributed by atoms with Gasteiger partial charge in [0, 0.05) is 7.05 Å². The van der Waals surface area contributed by atoms with Gasteiger partial charge in [0.25, 0.3) is 0 Å². The minimum Gasteiger partial charge on any atom is -0.319 e. The van der Waals surface area contributed by atoms with Crippen LogP contribution in [0.2, 0.25) is 0 Å². The summed E-state index contributed by atoms with van der Waals surface area (Å²) in [4.78, 5) is 0. The highest BCUT2D eigenvalue weighted by Gasteiger charge is 2.36. The maximum absolute atomic E-state index is 6.39. The van der Waals surface area contributed by atoms with E-state index in [1.54, 1.807) is 6.33 Å². The maximum Gasteiger partial charge on any atom is 0.152 e. The Bertz CT molecular complexity index is 320. The SMILES string of the molecule is CC1CCCC(N)(c2nncn2C)C1. The second-order valence-electron chi connectivity index (χ2n) is 4.62. The fraction of sp³-hybridized carbons (Fsp3) is 0.800. The average Bonchev–Trinajstić information content (AvgIpc) is 2.51. The Balaban J connectivity index is 2.27. The molecule has 4 nitrogen and oxygen atoms in total. The van der Waals surface area contributed by atoms with Gasteiger partial charge in [-0.1, -0.05) is 19.8 Å². The van der Waals surface area contributed by atoms with Crippen LogP contribution in [0.4, 0.5) is 0 Å². The van der Waals surface area contributed by atoms with E-state index in [-0.39, 0.29) is 5.54 Å². The van der Waals surface area contributed by atoms with Gasteiger partial charge >= 0.3 is 0 Å². The third-order valence-corrected chi connectivity index (χ3v) is 3.19. The van der Waals surface area contributed by atoms with Gasteiger partial charge in [-0.25, -0.2) is 0 Å². The molecule has 1 aromatic heterocycles. The zero-order valence-corrected chi connectivity index (χ0v) is 8.90. The molecule has 1 aromatic rings. The van der Waals surface area contributed by atoms with Crippen molar-refractivity contribution in [3.63, 3.8) is 0 Å². The molecule has 2 rings (SSSR count). The number of hydrogen-bond donors (Lipinski definition) is 1. The monoisotopic (exact) mass is 194 g/mol. The number of rotatable bonds is 1. The first-order valence-electron chi connectivity index (χ1n) is 5.25. The van der Waals surface area contributed by atoms with Crippen LogP contribution in [-0.4, -0.2) is 14.8 Å². The second-order valence-corrected chi connectivity index (χ2v) is 4.62. The van der Waals surface area contributed by atoms with E-state index in [0.717, 1.165) is 18.7 Å². The highest BCUT2D eigenvalue weighted by Crippen LogP contribution is 2.36. The molecule has 4 heteroatoms. The molecular weight excluding hydrogens is 176 g/mol. The molecule has 1 saturated carbocycles. The summed E-state index contributed by atoms with van der Waals surface area (Å²) >= 11 is 0. The van der Waals surface area contributed by atoms with Crippen LogP contribution >= 0.6 is 0 Å². The predicted molar refractivity (Wildman–Crippen MR) is 54.5 cm³/mol. The van der Waals surface area contributed by atoms with Crippen LogP contribution in [0.25, 0.3) is 0 Å². The van der Waals surface area contributed by atoms with Crippen molar-refractivity contribution in [3.8, 4) is 0 Å². The summed E-state index contributed by atoms with van der Waals surface area (Å²) < 4.78 is 1.94. The third-order valence-electron chi connectivity index (χ3n) is 3.19. The van der Waals surface area contributed by atoms with Gasteiger partial charge in [0.15, 0.2) is 5.82 Å². The second kappa shape index (κ2) is 3.35. The number of nitrogens with two attached hydrogens (primary N) is 1. The Morgan fingerprint density at radius 3 is 3.00 bits per heavy atom. The Labute approximate surface area is 84.5 Å². The average molecular weight is 194 g/mol. The number of nitrogens with zero attached hydrogens (tertiary/aromatic N) is 3. The van der Waals surface area contributed by atoms with E-state index in [4.69, 9.17) is 5.73 Å². The van der Waals surface area contributed by atoms with Crippen molar-refractivity contribution >= 4 is 0 Å². The van der Waals surface area contributed by atoms with Crippen molar-refractivity contribution in [3.05, 3.63) is 12.2 Å². The van der Waals surface area contributed by atoms with Gasteiger partial charge in [-0.15, -0.1) is 10.2 Å². The molecule has 78 valence electrons. The smallest absolute Gasteiger partial charge is 0.152 e. The molecule has 0 saturated heterocycles. The van der Waals surface area contributed by atoms with Gasteiger partial charge in [0.05, 0.1) is 5.54 Å². The van der Waals surface area contributed by atoms with E-state index in [1.807, 2.05) is 11.6 Å². The molecule has 2 atom stereocenters. The topological polar surface area (TPSA) is 56.7 Å². The van der Waals surface area contributed by atoms with E-state index >= 15 is 0 Å². The zero-order valence-electron chi connectivity index (χ0n) is 8.90. The van der Waals surface area contributed by atoms with E-state index < -0.39 is 0 Å². The predicted octanol–water partition coefficient (Wildman–Crippen LogP) is 1.18. The first-order chi connectivity index (χ1) is 6.62. The summed E-state index contributed by atoms with van der Waals surface area (Å²) in [6.07, 6.45) is 6.27. The van der Waals surface area contributed by atoms with Crippen molar-refractivity contribution < 1.29 is 0 Å². The van der Waals surface area contributed by atoms with Crippen LogP contribution in [0.1, 0.15) is 38.4 Å². The Kier molecular flexibility index (Phi) is 2.31. The molecule has 0 bridgehead atoms. The molecule has 14 heavy (non-hydrogen) atoms. The molecule has 0 aliphatic heterocycles. The fourth-order valence-electron chi connectivity index (χ4n) is 2.53.